The molecule has 0 saturated carbocycles. The number of piperidine rings is 1. The molecule has 2 aliphatic heterocycles. The van der Waals surface area contributed by atoms with Crippen LogP contribution in [0, 0.1) is 11.7 Å². The Balaban J connectivity index is 1.64. The molecule has 3 heteroatoms. The van der Waals surface area contributed by atoms with Crippen molar-refractivity contribution in [2.24, 2.45) is 10.9 Å². The molecule has 0 aromatic heterocycles. The van der Waals surface area contributed by atoms with Crippen LogP contribution >= 0.6 is 0 Å². The zero-order chi connectivity index (χ0) is 13.9. The molecule has 2 heterocycles. The van der Waals surface area contributed by atoms with E-state index in [0.29, 0.717) is 12.5 Å². The Labute approximate surface area is 120 Å². The van der Waals surface area contributed by atoms with Crippen LogP contribution in [0.25, 0.3) is 0 Å². The molecule has 20 heavy (non-hydrogen) atoms. The van der Waals surface area contributed by atoms with Gasteiger partial charge in [0.05, 0.1) is 6.54 Å². The molecule has 106 valence electrons. The molecule has 0 radical (unpaired) electrons. The second-order valence-corrected chi connectivity index (χ2v) is 5.70. The minimum absolute atomic E-state index is 0.153. The fourth-order valence-corrected chi connectivity index (χ4v) is 3.25. The molecule has 2 aliphatic rings. The predicted molar refractivity (Wildman–Crippen MR) is 80.6 cm³/mol. The number of aliphatic imine (C=N–C) groups is 1. The maximum atomic E-state index is 13.2. The highest BCUT2D eigenvalue weighted by Gasteiger charge is 2.27. The lowest BCUT2D eigenvalue weighted by Gasteiger charge is -2.32. The zero-order valence-electron chi connectivity index (χ0n) is 11.8. The van der Waals surface area contributed by atoms with Crippen molar-refractivity contribution in [1.29, 1.82) is 0 Å². The van der Waals surface area contributed by atoms with Crippen LogP contribution in [0.5, 0.6) is 0 Å². The van der Waals surface area contributed by atoms with Crippen molar-refractivity contribution in [2.45, 2.75) is 25.8 Å². The summed E-state index contributed by atoms with van der Waals surface area (Å²) in [4.78, 5) is 7.17. The summed E-state index contributed by atoms with van der Waals surface area (Å²) in [6.07, 6.45) is 5.37. The fraction of sp³-hybridized carbons (Fsp3) is 0.471. The normalized spacial score (nSPS) is 19.8. The summed E-state index contributed by atoms with van der Waals surface area (Å²) < 4.78 is 13.2. The highest BCUT2D eigenvalue weighted by molar-refractivity contribution is 6.05. The van der Waals surface area contributed by atoms with Gasteiger partial charge in [0.1, 0.15) is 5.82 Å². The fourth-order valence-electron chi connectivity index (χ4n) is 3.25. The molecule has 0 atom stereocenters. The average Bonchev–Trinajstić information content (AvgIpc) is 2.88. The number of hydrogen-bond donors (Lipinski definition) is 0. The van der Waals surface area contributed by atoms with Gasteiger partial charge in [-0.05, 0) is 56.1 Å². The number of nitrogens with zero attached hydrogens (tertiary/aromatic N) is 2. The third kappa shape index (κ3) is 2.68. The topological polar surface area (TPSA) is 15.6 Å². The number of hydrogen-bond acceptors (Lipinski definition) is 2. The Hall–Kier alpha value is -1.48. The van der Waals surface area contributed by atoms with Gasteiger partial charge in [0.25, 0.3) is 0 Å². The molecule has 0 N–H and O–H groups in total. The molecule has 1 aromatic carbocycles. The summed E-state index contributed by atoms with van der Waals surface area (Å²) >= 11 is 0. The van der Waals surface area contributed by atoms with Crippen LogP contribution in [-0.4, -0.2) is 30.2 Å². The maximum Gasteiger partial charge on any atom is 0.123 e. The van der Waals surface area contributed by atoms with E-state index in [1.807, 2.05) is 12.1 Å². The first-order valence-corrected chi connectivity index (χ1v) is 7.44. The van der Waals surface area contributed by atoms with E-state index in [4.69, 9.17) is 0 Å². The molecule has 1 fully saturated rings. The molecule has 2 nitrogen and oxygen atoms in total. The first kappa shape index (κ1) is 13.5. The summed E-state index contributed by atoms with van der Waals surface area (Å²) in [6, 6.07) is 5.09. The number of likely N-dealkylation sites (tertiary alicyclic amines) is 1. The second-order valence-electron chi connectivity index (χ2n) is 5.70. The van der Waals surface area contributed by atoms with E-state index in [1.54, 1.807) is 12.1 Å². The highest BCUT2D eigenvalue weighted by atomic mass is 19.1. The van der Waals surface area contributed by atoms with Gasteiger partial charge in [0, 0.05) is 23.7 Å². The standard InChI is InChI=1S/C17H21FN2/c1-2-3-8-20-9-6-13(7-10-20)17-16-5-4-15(18)11-14(16)12-19-17/h2,4-5,11,13H,1,3,6-10,12H2. The van der Waals surface area contributed by atoms with E-state index in [9.17, 15) is 4.39 Å². The SMILES string of the molecule is C=CCCN1CCC(C2=NCc3cc(F)ccc32)CC1. The molecular formula is C17H21FN2. The maximum absolute atomic E-state index is 13.2. The lowest BCUT2D eigenvalue weighted by Crippen LogP contribution is -2.36. The van der Waals surface area contributed by atoms with E-state index in [1.165, 1.54) is 11.3 Å². The van der Waals surface area contributed by atoms with Gasteiger partial charge in [-0.2, -0.15) is 0 Å². The number of benzene rings is 1. The first-order chi connectivity index (χ1) is 9.78. The van der Waals surface area contributed by atoms with Crippen molar-refractivity contribution in [3.8, 4) is 0 Å². The molecule has 0 unspecified atom stereocenters. The summed E-state index contributed by atoms with van der Waals surface area (Å²) in [6.45, 7) is 7.81. The van der Waals surface area contributed by atoms with Crippen LogP contribution in [0.1, 0.15) is 30.4 Å². The van der Waals surface area contributed by atoms with Gasteiger partial charge in [-0.3, -0.25) is 4.99 Å². The third-order valence-electron chi connectivity index (χ3n) is 4.39. The van der Waals surface area contributed by atoms with Crippen molar-refractivity contribution in [1.82, 2.24) is 4.90 Å². The molecule has 0 spiro atoms. The Morgan fingerprint density at radius 1 is 1.35 bits per heavy atom. The van der Waals surface area contributed by atoms with Crippen LogP contribution < -0.4 is 0 Å². The highest BCUT2D eigenvalue weighted by Crippen LogP contribution is 2.29. The van der Waals surface area contributed by atoms with Gasteiger partial charge in [-0.15, -0.1) is 6.58 Å². The molecule has 3 rings (SSSR count). The lowest BCUT2D eigenvalue weighted by atomic mass is 9.87. The van der Waals surface area contributed by atoms with E-state index in [-0.39, 0.29) is 5.82 Å². The van der Waals surface area contributed by atoms with Crippen molar-refractivity contribution >= 4 is 5.71 Å². The van der Waals surface area contributed by atoms with E-state index in [0.717, 1.165) is 44.5 Å². The minimum Gasteiger partial charge on any atom is -0.303 e. The Morgan fingerprint density at radius 2 is 2.15 bits per heavy atom. The number of halogens is 1. The summed E-state index contributed by atoms with van der Waals surface area (Å²) in [5, 5.41) is 0. The molecule has 1 saturated heterocycles. The Bertz CT molecular complexity index is 528. The number of fused-ring (bicyclic) bond motifs is 1. The molecular weight excluding hydrogens is 251 g/mol. The minimum atomic E-state index is -0.153. The van der Waals surface area contributed by atoms with Crippen LogP contribution in [0.2, 0.25) is 0 Å². The van der Waals surface area contributed by atoms with Crippen LogP contribution in [0.3, 0.4) is 0 Å². The van der Waals surface area contributed by atoms with Crippen molar-refractivity contribution in [3.63, 3.8) is 0 Å². The predicted octanol–water partition coefficient (Wildman–Crippen LogP) is 3.42. The molecule has 0 amide bonds. The van der Waals surface area contributed by atoms with E-state index >= 15 is 0 Å². The quantitative estimate of drug-likeness (QED) is 0.767. The van der Waals surface area contributed by atoms with Crippen molar-refractivity contribution in [3.05, 3.63) is 47.8 Å². The zero-order valence-corrected chi connectivity index (χ0v) is 11.8. The number of rotatable bonds is 4. The van der Waals surface area contributed by atoms with Crippen LogP contribution in [0.15, 0.2) is 35.8 Å². The summed E-state index contributed by atoms with van der Waals surface area (Å²) in [5.41, 5.74) is 3.44. The lowest BCUT2D eigenvalue weighted by molar-refractivity contribution is 0.213. The van der Waals surface area contributed by atoms with Gasteiger partial charge in [-0.25, -0.2) is 4.39 Å². The van der Waals surface area contributed by atoms with Gasteiger partial charge in [0.2, 0.25) is 0 Å². The summed E-state index contributed by atoms with van der Waals surface area (Å²) in [5.74, 6) is 0.390. The smallest absolute Gasteiger partial charge is 0.123 e. The van der Waals surface area contributed by atoms with E-state index < -0.39 is 0 Å². The summed E-state index contributed by atoms with van der Waals surface area (Å²) in [7, 11) is 0. The third-order valence-corrected chi connectivity index (χ3v) is 4.39. The van der Waals surface area contributed by atoms with Crippen molar-refractivity contribution in [2.75, 3.05) is 19.6 Å². The largest absolute Gasteiger partial charge is 0.303 e. The first-order valence-electron chi connectivity index (χ1n) is 7.44. The monoisotopic (exact) mass is 272 g/mol. The van der Waals surface area contributed by atoms with Gasteiger partial charge in [0.15, 0.2) is 0 Å². The Kier molecular flexibility index (Phi) is 3.97. The van der Waals surface area contributed by atoms with Gasteiger partial charge < -0.3 is 4.90 Å². The Morgan fingerprint density at radius 3 is 2.90 bits per heavy atom. The second kappa shape index (κ2) is 5.88. The molecule has 0 aliphatic carbocycles. The molecule has 0 bridgehead atoms. The molecule has 1 aromatic rings. The van der Waals surface area contributed by atoms with Crippen LogP contribution in [-0.2, 0) is 6.54 Å². The van der Waals surface area contributed by atoms with E-state index in [2.05, 4.69) is 16.5 Å². The van der Waals surface area contributed by atoms with Crippen molar-refractivity contribution < 1.29 is 4.39 Å². The average molecular weight is 272 g/mol. The van der Waals surface area contributed by atoms with Gasteiger partial charge in [-0.1, -0.05) is 6.08 Å². The van der Waals surface area contributed by atoms with Crippen LogP contribution in [0.4, 0.5) is 4.39 Å². The van der Waals surface area contributed by atoms with Gasteiger partial charge >= 0.3 is 0 Å².